The molecule has 2 rings (SSSR count). The highest BCUT2D eigenvalue weighted by Gasteiger charge is 2.35. The van der Waals surface area contributed by atoms with E-state index in [-0.39, 0.29) is 12.1 Å². The van der Waals surface area contributed by atoms with E-state index in [1.165, 1.54) is 4.90 Å². The number of urea groups is 1. The van der Waals surface area contributed by atoms with Crippen LogP contribution >= 0.6 is 11.3 Å². The molecule has 0 aliphatic carbocycles. The van der Waals surface area contributed by atoms with Gasteiger partial charge in [0.1, 0.15) is 0 Å². The van der Waals surface area contributed by atoms with Crippen molar-refractivity contribution in [1.29, 1.82) is 0 Å². The Bertz CT molecular complexity index is 532. The fourth-order valence-electron chi connectivity index (χ4n) is 2.46. The van der Waals surface area contributed by atoms with Crippen LogP contribution in [0.3, 0.4) is 0 Å². The Morgan fingerprint density at radius 3 is 2.64 bits per heavy atom. The van der Waals surface area contributed by atoms with E-state index in [1.54, 1.807) is 26.0 Å². The molecular formula is C13H19F3N4OS. The lowest BCUT2D eigenvalue weighted by molar-refractivity contribution is -0.140. The molecule has 1 unspecified atom stereocenters. The van der Waals surface area contributed by atoms with Gasteiger partial charge in [0.15, 0.2) is 10.8 Å². The molecule has 1 aliphatic rings. The summed E-state index contributed by atoms with van der Waals surface area (Å²) in [5.41, 5.74) is -0.854. The fourth-order valence-corrected chi connectivity index (χ4v) is 3.33. The lowest BCUT2D eigenvalue weighted by Crippen LogP contribution is -2.51. The first-order valence-corrected chi connectivity index (χ1v) is 7.80. The molecule has 1 atom stereocenters. The van der Waals surface area contributed by atoms with Crippen LogP contribution in [-0.2, 0) is 6.18 Å². The summed E-state index contributed by atoms with van der Waals surface area (Å²) in [6.07, 6.45) is -2.76. The van der Waals surface area contributed by atoms with Crippen LogP contribution < -0.4 is 4.90 Å². The first-order chi connectivity index (χ1) is 10.2. The van der Waals surface area contributed by atoms with Crippen molar-refractivity contribution in [1.82, 2.24) is 14.8 Å². The summed E-state index contributed by atoms with van der Waals surface area (Å²) in [6.45, 7) is 1.16. The molecular weight excluding hydrogens is 317 g/mol. The molecule has 1 fully saturated rings. The molecule has 22 heavy (non-hydrogen) atoms. The van der Waals surface area contributed by atoms with Crippen molar-refractivity contribution < 1.29 is 18.0 Å². The van der Waals surface area contributed by atoms with Gasteiger partial charge in [0.05, 0.1) is 6.04 Å². The van der Waals surface area contributed by atoms with E-state index in [0.29, 0.717) is 18.2 Å². The highest BCUT2D eigenvalue weighted by atomic mass is 32.1. The van der Waals surface area contributed by atoms with E-state index in [9.17, 15) is 18.0 Å². The SMILES string of the molecule is CN(C)C(=O)N(C)C1CCCN(c2nc(C(F)(F)F)cs2)C1. The molecule has 0 aromatic carbocycles. The highest BCUT2D eigenvalue weighted by molar-refractivity contribution is 7.13. The molecule has 2 amide bonds. The number of nitrogens with zero attached hydrogens (tertiary/aromatic N) is 4. The Kier molecular flexibility index (Phi) is 4.84. The van der Waals surface area contributed by atoms with Gasteiger partial charge in [0, 0.05) is 39.6 Å². The van der Waals surface area contributed by atoms with Crippen LogP contribution in [0.25, 0.3) is 0 Å². The van der Waals surface area contributed by atoms with Gasteiger partial charge < -0.3 is 14.7 Å². The standard InChI is InChI=1S/C13H19F3N4OS/c1-18(2)12(21)19(3)9-5-4-6-20(7-9)11-17-10(8-22-11)13(14,15)16/h8-9H,4-7H2,1-3H3. The van der Waals surface area contributed by atoms with Crippen LogP contribution in [0.15, 0.2) is 5.38 Å². The van der Waals surface area contributed by atoms with E-state index >= 15 is 0 Å². The Morgan fingerprint density at radius 2 is 2.09 bits per heavy atom. The Balaban J connectivity index is 2.07. The Labute approximate surface area is 131 Å². The third-order valence-corrected chi connectivity index (χ3v) is 4.58. The van der Waals surface area contributed by atoms with Gasteiger partial charge in [-0.15, -0.1) is 11.3 Å². The number of amides is 2. The van der Waals surface area contributed by atoms with Gasteiger partial charge in [-0.05, 0) is 12.8 Å². The second-order valence-corrected chi connectivity index (χ2v) is 6.38. The number of anilines is 1. The fraction of sp³-hybridized carbons (Fsp3) is 0.692. The predicted molar refractivity (Wildman–Crippen MR) is 79.2 cm³/mol. The van der Waals surface area contributed by atoms with Gasteiger partial charge in [-0.2, -0.15) is 13.2 Å². The van der Waals surface area contributed by atoms with Gasteiger partial charge in [0.25, 0.3) is 0 Å². The van der Waals surface area contributed by atoms with Crippen LogP contribution in [0.4, 0.5) is 23.1 Å². The minimum absolute atomic E-state index is 0.0260. The average molecular weight is 336 g/mol. The maximum Gasteiger partial charge on any atom is 0.434 e. The smallest absolute Gasteiger partial charge is 0.346 e. The summed E-state index contributed by atoms with van der Waals surface area (Å²) in [6, 6.07) is -0.135. The van der Waals surface area contributed by atoms with Crippen molar-refractivity contribution in [3.63, 3.8) is 0 Å². The first kappa shape index (κ1) is 16.9. The molecule has 1 saturated heterocycles. The number of rotatable bonds is 2. The molecule has 1 aromatic rings. The van der Waals surface area contributed by atoms with Crippen molar-refractivity contribution in [2.45, 2.75) is 25.1 Å². The number of likely N-dealkylation sites (N-methyl/N-ethyl adjacent to an activating group) is 1. The van der Waals surface area contributed by atoms with E-state index in [2.05, 4.69) is 4.98 Å². The maximum atomic E-state index is 12.6. The lowest BCUT2D eigenvalue weighted by atomic mass is 10.1. The summed E-state index contributed by atoms with van der Waals surface area (Å²) in [5, 5.41) is 1.40. The monoisotopic (exact) mass is 336 g/mol. The number of aromatic nitrogens is 1. The van der Waals surface area contributed by atoms with Crippen LogP contribution in [0.2, 0.25) is 0 Å². The summed E-state index contributed by atoms with van der Waals surface area (Å²) >= 11 is 0.992. The lowest BCUT2D eigenvalue weighted by Gasteiger charge is -2.38. The number of carbonyl (C=O) groups is 1. The summed E-state index contributed by atoms with van der Waals surface area (Å²) < 4.78 is 37.9. The van der Waals surface area contributed by atoms with Crippen LogP contribution in [0, 0.1) is 0 Å². The topological polar surface area (TPSA) is 39.7 Å². The Morgan fingerprint density at radius 1 is 1.41 bits per heavy atom. The number of halogens is 3. The second-order valence-electron chi connectivity index (χ2n) is 5.54. The number of carbonyl (C=O) groups excluding carboxylic acids is 1. The molecule has 124 valence electrons. The van der Waals surface area contributed by atoms with E-state index in [1.807, 2.05) is 4.90 Å². The molecule has 1 aromatic heterocycles. The number of hydrogen-bond donors (Lipinski definition) is 0. The van der Waals surface area contributed by atoms with Gasteiger partial charge in [-0.25, -0.2) is 9.78 Å². The van der Waals surface area contributed by atoms with Crippen LogP contribution in [-0.4, -0.2) is 61.1 Å². The molecule has 0 saturated carbocycles. The minimum atomic E-state index is -4.42. The van der Waals surface area contributed by atoms with Crippen molar-refractivity contribution in [2.75, 3.05) is 39.1 Å². The molecule has 2 heterocycles. The normalized spacial score (nSPS) is 19.2. The Hall–Kier alpha value is -1.51. The largest absolute Gasteiger partial charge is 0.434 e. The van der Waals surface area contributed by atoms with Crippen molar-refractivity contribution >= 4 is 22.5 Å². The molecule has 5 nitrogen and oxygen atoms in total. The average Bonchev–Trinajstić information content (AvgIpc) is 2.95. The zero-order valence-corrected chi connectivity index (χ0v) is 13.5. The highest BCUT2D eigenvalue weighted by Crippen LogP contribution is 2.34. The first-order valence-electron chi connectivity index (χ1n) is 6.92. The molecule has 9 heteroatoms. The van der Waals surface area contributed by atoms with Crippen molar-refractivity contribution in [2.24, 2.45) is 0 Å². The molecule has 0 radical (unpaired) electrons. The minimum Gasteiger partial charge on any atom is -0.346 e. The summed E-state index contributed by atoms with van der Waals surface area (Å²) in [5.74, 6) is 0. The molecule has 0 N–H and O–H groups in total. The number of hydrogen-bond acceptors (Lipinski definition) is 4. The maximum absolute atomic E-state index is 12.6. The zero-order valence-electron chi connectivity index (χ0n) is 12.7. The summed E-state index contributed by atoms with van der Waals surface area (Å²) in [7, 11) is 5.07. The van der Waals surface area contributed by atoms with Gasteiger partial charge in [0.2, 0.25) is 0 Å². The number of alkyl halides is 3. The van der Waals surface area contributed by atoms with Crippen molar-refractivity contribution in [3.8, 4) is 0 Å². The van der Waals surface area contributed by atoms with Crippen LogP contribution in [0.1, 0.15) is 18.5 Å². The third kappa shape index (κ3) is 3.63. The van der Waals surface area contributed by atoms with Gasteiger partial charge in [-0.3, -0.25) is 0 Å². The number of piperidine rings is 1. The van der Waals surface area contributed by atoms with Crippen molar-refractivity contribution in [3.05, 3.63) is 11.1 Å². The van der Waals surface area contributed by atoms with Gasteiger partial charge >= 0.3 is 12.2 Å². The summed E-state index contributed by atoms with van der Waals surface area (Å²) in [4.78, 5) is 20.6. The third-order valence-electron chi connectivity index (χ3n) is 3.68. The quantitative estimate of drug-likeness (QED) is 0.834. The molecule has 0 bridgehead atoms. The van der Waals surface area contributed by atoms with E-state index in [0.717, 1.165) is 29.6 Å². The van der Waals surface area contributed by atoms with Gasteiger partial charge in [-0.1, -0.05) is 0 Å². The molecule has 0 spiro atoms. The zero-order chi connectivity index (χ0) is 16.5. The molecule has 1 aliphatic heterocycles. The van der Waals surface area contributed by atoms with Crippen LogP contribution in [0.5, 0.6) is 0 Å². The number of thiazole rings is 1. The van der Waals surface area contributed by atoms with E-state index in [4.69, 9.17) is 0 Å². The predicted octanol–water partition coefficient (Wildman–Crippen LogP) is 2.74. The second kappa shape index (κ2) is 6.31. The van der Waals surface area contributed by atoms with E-state index < -0.39 is 11.9 Å².